The van der Waals surface area contributed by atoms with E-state index in [0.29, 0.717) is 24.8 Å². The van der Waals surface area contributed by atoms with Crippen LogP contribution in [0.4, 0.5) is 4.39 Å². The maximum absolute atomic E-state index is 15.2. The summed E-state index contributed by atoms with van der Waals surface area (Å²) in [5, 5.41) is 14.0. The third kappa shape index (κ3) is 4.16. The van der Waals surface area contributed by atoms with Crippen LogP contribution in [0.1, 0.15) is 33.5 Å². The Hall–Kier alpha value is -2.76. The van der Waals surface area contributed by atoms with Gasteiger partial charge >= 0.3 is 0 Å². The molecule has 1 aliphatic heterocycles. The van der Waals surface area contributed by atoms with Crippen molar-refractivity contribution in [1.29, 1.82) is 0 Å². The van der Waals surface area contributed by atoms with E-state index in [2.05, 4.69) is 5.32 Å². The van der Waals surface area contributed by atoms with E-state index in [1.165, 1.54) is 5.56 Å². The highest BCUT2D eigenvalue weighted by molar-refractivity contribution is 6.00. The van der Waals surface area contributed by atoms with Gasteiger partial charge in [0.05, 0.1) is 24.3 Å². The van der Waals surface area contributed by atoms with Crippen molar-refractivity contribution in [2.45, 2.75) is 31.9 Å². The number of ether oxygens (including phenoxy) is 1. The minimum absolute atomic E-state index is 0.00417. The van der Waals surface area contributed by atoms with Crippen LogP contribution in [0.2, 0.25) is 0 Å². The summed E-state index contributed by atoms with van der Waals surface area (Å²) < 4.78 is 20.4. The van der Waals surface area contributed by atoms with Crippen LogP contribution in [0.25, 0.3) is 10.8 Å². The predicted molar refractivity (Wildman–Crippen MR) is 111 cm³/mol. The fourth-order valence-electron chi connectivity index (χ4n) is 3.79. The Morgan fingerprint density at radius 1 is 1.17 bits per heavy atom. The van der Waals surface area contributed by atoms with Crippen molar-refractivity contribution in [2.75, 3.05) is 13.2 Å². The molecule has 4 rings (SSSR count). The average molecular weight is 393 g/mol. The van der Waals surface area contributed by atoms with Crippen molar-refractivity contribution in [3.8, 4) is 0 Å². The van der Waals surface area contributed by atoms with E-state index >= 15 is 4.39 Å². The van der Waals surface area contributed by atoms with Gasteiger partial charge in [-0.3, -0.25) is 4.79 Å². The smallest absolute Gasteiger partial charge is 0.254 e. The summed E-state index contributed by atoms with van der Waals surface area (Å²) in [6, 6.07) is 16.6. The Balaban J connectivity index is 1.71. The number of aryl methyl sites for hydroxylation is 1. The molecular formula is C24H24FNO3. The largest absolute Gasteiger partial charge is 0.389 e. The molecule has 0 unspecified atom stereocenters. The number of aliphatic hydroxyl groups excluding tert-OH is 1. The van der Waals surface area contributed by atoms with Gasteiger partial charge < -0.3 is 15.2 Å². The highest BCUT2D eigenvalue weighted by atomic mass is 19.1. The van der Waals surface area contributed by atoms with E-state index in [-0.39, 0.29) is 12.2 Å². The Kier molecular flexibility index (Phi) is 5.60. The van der Waals surface area contributed by atoms with Gasteiger partial charge in [-0.25, -0.2) is 4.39 Å². The number of fused-ring (bicyclic) bond motifs is 1. The number of amides is 1. The second kappa shape index (κ2) is 8.31. The molecule has 0 aromatic heterocycles. The van der Waals surface area contributed by atoms with Crippen LogP contribution in [-0.2, 0) is 11.2 Å². The molecule has 5 heteroatoms. The van der Waals surface area contributed by atoms with Crippen LogP contribution < -0.4 is 5.32 Å². The van der Waals surface area contributed by atoms with Crippen molar-refractivity contribution in [2.24, 2.45) is 0 Å². The first kappa shape index (κ1) is 19.6. The van der Waals surface area contributed by atoms with Crippen LogP contribution in [0.15, 0.2) is 54.6 Å². The fraction of sp³-hybridized carbons (Fsp3) is 0.292. The molecule has 150 valence electrons. The zero-order chi connectivity index (χ0) is 20.4. The molecule has 29 heavy (non-hydrogen) atoms. The monoisotopic (exact) mass is 393 g/mol. The maximum Gasteiger partial charge on any atom is 0.254 e. The summed E-state index contributed by atoms with van der Waals surface area (Å²) in [4.78, 5) is 12.9. The number of carbonyl (C=O) groups is 1. The number of nitrogens with one attached hydrogen (secondary N) is 1. The molecule has 2 atom stereocenters. The molecule has 2 N–H and O–H groups in total. The van der Waals surface area contributed by atoms with Gasteiger partial charge in [0.25, 0.3) is 5.91 Å². The van der Waals surface area contributed by atoms with Gasteiger partial charge in [0, 0.05) is 12.0 Å². The minimum Gasteiger partial charge on any atom is -0.389 e. The van der Waals surface area contributed by atoms with E-state index in [4.69, 9.17) is 4.74 Å². The molecule has 3 aromatic carbocycles. The van der Waals surface area contributed by atoms with E-state index in [9.17, 15) is 9.90 Å². The number of rotatable bonds is 4. The lowest BCUT2D eigenvalue weighted by atomic mass is 9.94. The average Bonchev–Trinajstić information content (AvgIpc) is 2.73. The summed E-state index contributed by atoms with van der Waals surface area (Å²) in [6.07, 6.45) is 0.308. The van der Waals surface area contributed by atoms with Gasteiger partial charge in [-0.05, 0) is 42.3 Å². The van der Waals surface area contributed by atoms with Crippen molar-refractivity contribution in [3.63, 3.8) is 0 Å². The Morgan fingerprint density at radius 3 is 2.62 bits per heavy atom. The van der Waals surface area contributed by atoms with Gasteiger partial charge in [-0.15, -0.1) is 0 Å². The highest BCUT2D eigenvalue weighted by Gasteiger charge is 2.27. The van der Waals surface area contributed by atoms with E-state index in [1.807, 2.05) is 43.3 Å². The van der Waals surface area contributed by atoms with E-state index < -0.39 is 23.9 Å². The van der Waals surface area contributed by atoms with Crippen LogP contribution in [-0.4, -0.2) is 36.4 Å². The second-order valence-corrected chi connectivity index (χ2v) is 7.62. The van der Waals surface area contributed by atoms with Gasteiger partial charge in [0.1, 0.15) is 5.82 Å². The van der Waals surface area contributed by atoms with Crippen LogP contribution in [0, 0.1) is 12.7 Å². The minimum atomic E-state index is -0.789. The van der Waals surface area contributed by atoms with Crippen molar-refractivity contribution in [3.05, 3.63) is 82.7 Å². The lowest BCUT2D eigenvalue weighted by molar-refractivity contribution is -0.0261. The molecule has 3 aromatic rings. The van der Waals surface area contributed by atoms with Crippen LogP contribution in [0.3, 0.4) is 0 Å². The highest BCUT2D eigenvalue weighted by Crippen LogP contribution is 2.27. The molecule has 0 saturated carbocycles. The van der Waals surface area contributed by atoms with Crippen molar-refractivity contribution < 1.29 is 19.0 Å². The Labute approximate surface area is 169 Å². The van der Waals surface area contributed by atoms with Crippen LogP contribution in [0.5, 0.6) is 0 Å². The van der Waals surface area contributed by atoms with Crippen molar-refractivity contribution in [1.82, 2.24) is 5.32 Å². The molecule has 1 fully saturated rings. The quantitative estimate of drug-likeness (QED) is 0.710. The molecule has 4 nitrogen and oxygen atoms in total. The molecule has 0 bridgehead atoms. The molecule has 0 spiro atoms. The molecular weight excluding hydrogens is 369 g/mol. The van der Waals surface area contributed by atoms with Gasteiger partial charge in [-0.1, -0.05) is 54.1 Å². The number of hydrogen-bond acceptors (Lipinski definition) is 3. The molecule has 1 heterocycles. The topological polar surface area (TPSA) is 58.6 Å². The molecule has 1 amide bonds. The first-order valence-electron chi connectivity index (χ1n) is 9.85. The Bertz CT molecular complexity index is 1030. The normalized spacial score (nSPS) is 19.3. The zero-order valence-corrected chi connectivity index (χ0v) is 16.3. The van der Waals surface area contributed by atoms with Crippen LogP contribution >= 0.6 is 0 Å². The first-order chi connectivity index (χ1) is 14.0. The molecule has 1 saturated heterocycles. The van der Waals surface area contributed by atoms with E-state index in [1.54, 1.807) is 18.2 Å². The van der Waals surface area contributed by atoms with Crippen molar-refractivity contribution >= 4 is 16.7 Å². The summed E-state index contributed by atoms with van der Waals surface area (Å²) in [5.74, 6) is -1.04. The number of halogens is 1. The van der Waals surface area contributed by atoms with E-state index in [0.717, 1.165) is 16.5 Å². The molecule has 1 aliphatic rings. The third-order valence-electron chi connectivity index (χ3n) is 5.47. The predicted octanol–water partition coefficient (Wildman–Crippen LogP) is 3.76. The fourth-order valence-corrected chi connectivity index (χ4v) is 3.79. The first-order valence-corrected chi connectivity index (χ1v) is 9.85. The second-order valence-electron chi connectivity index (χ2n) is 7.62. The molecule has 0 aliphatic carbocycles. The standard InChI is InChI=1S/C24H24FNO3/c1-15-6-8-16(9-7-15)12-17-13-20(23(25)19-5-3-2-4-18(17)19)24(28)26-21-10-11-29-14-22(21)27/h2-9,13,21-22,27H,10-12,14H2,1H3,(H,26,28)/t21-,22-/m0/s1. The number of carbonyl (C=O) groups excluding carboxylic acids is 1. The van der Waals surface area contributed by atoms with Gasteiger partial charge in [-0.2, -0.15) is 0 Å². The summed E-state index contributed by atoms with van der Waals surface area (Å²) >= 11 is 0. The summed E-state index contributed by atoms with van der Waals surface area (Å²) in [5.41, 5.74) is 3.17. The number of aliphatic hydroxyl groups is 1. The van der Waals surface area contributed by atoms with Gasteiger partial charge in [0.15, 0.2) is 0 Å². The van der Waals surface area contributed by atoms with Gasteiger partial charge in [0.2, 0.25) is 0 Å². The SMILES string of the molecule is Cc1ccc(Cc2cc(C(=O)N[C@H]3CCOC[C@@H]3O)c(F)c3ccccc23)cc1. The maximum atomic E-state index is 15.2. The summed E-state index contributed by atoms with van der Waals surface area (Å²) in [6.45, 7) is 2.66. The summed E-state index contributed by atoms with van der Waals surface area (Å²) in [7, 11) is 0. The Morgan fingerprint density at radius 2 is 1.90 bits per heavy atom. The number of benzene rings is 3. The lowest BCUT2D eigenvalue weighted by Gasteiger charge is -2.28. The lowest BCUT2D eigenvalue weighted by Crippen LogP contribution is -2.48. The number of hydrogen-bond donors (Lipinski definition) is 2. The molecule has 0 radical (unpaired) electrons. The zero-order valence-electron chi connectivity index (χ0n) is 16.3. The third-order valence-corrected chi connectivity index (χ3v) is 5.47.